The number of rotatable bonds is 7. The molecule has 2 aromatic rings. The summed E-state index contributed by atoms with van der Waals surface area (Å²) in [5.41, 5.74) is 1.60. The number of nitrogens with one attached hydrogen (secondary N) is 1. The van der Waals surface area contributed by atoms with Gasteiger partial charge >= 0.3 is 5.97 Å². The number of nitrogens with zero attached hydrogens (tertiary/aromatic N) is 1. The van der Waals surface area contributed by atoms with E-state index < -0.39 is 23.4 Å². The summed E-state index contributed by atoms with van der Waals surface area (Å²) in [6.45, 7) is 1.29. The Labute approximate surface area is 143 Å². The third kappa shape index (κ3) is 5.31. The lowest BCUT2D eigenvalue weighted by molar-refractivity contribution is -0.384. The number of carbonyl (C=O) groups excluding carboxylic acids is 1. The Kier molecular flexibility index (Phi) is 5.67. The lowest BCUT2D eigenvalue weighted by Gasteiger charge is -2.12. The van der Waals surface area contributed by atoms with Crippen LogP contribution in [0.5, 0.6) is 5.75 Å². The summed E-state index contributed by atoms with van der Waals surface area (Å²) >= 11 is 0. The van der Waals surface area contributed by atoms with Crippen molar-refractivity contribution in [2.24, 2.45) is 0 Å². The van der Waals surface area contributed by atoms with E-state index in [0.29, 0.717) is 11.3 Å². The molecule has 2 rings (SSSR count). The molecule has 0 bridgehead atoms. The Balaban J connectivity index is 2.12. The molecular formula is C17H16N2O6. The summed E-state index contributed by atoms with van der Waals surface area (Å²) in [4.78, 5) is 33.1. The number of aliphatic carboxylic acids is 1. The molecular weight excluding hydrogens is 328 g/mol. The highest BCUT2D eigenvalue weighted by Gasteiger charge is 2.12. The van der Waals surface area contributed by atoms with Crippen LogP contribution in [0, 0.1) is 17.0 Å². The summed E-state index contributed by atoms with van der Waals surface area (Å²) < 4.78 is 5.15. The molecule has 0 aliphatic carbocycles. The monoisotopic (exact) mass is 344 g/mol. The fourth-order valence-electron chi connectivity index (χ4n) is 2.17. The van der Waals surface area contributed by atoms with Gasteiger partial charge < -0.3 is 15.2 Å². The number of carboxylic acid groups (broad SMARTS) is 1. The molecule has 0 heterocycles. The van der Waals surface area contributed by atoms with Crippen molar-refractivity contribution in [1.29, 1.82) is 0 Å². The van der Waals surface area contributed by atoms with Crippen LogP contribution >= 0.6 is 0 Å². The van der Waals surface area contributed by atoms with Gasteiger partial charge in [0.15, 0.2) is 6.61 Å². The molecule has 1 amide bonds. The zero-order valence-electron chi connectivity index (χ0n) is 13.4. The number of hydrogen-bond acceptors (Lipinski definition) is 5. The molecule has 0 spiro atoms. The van der Waals surface area contributed by atoms with Gasteiger partial charge in [-0.3, -0.25) is 14.9 Å². The molecule has 0 fully saturated rings. The van der Waals surface area contributed by atoms with Crippen LogP contribution in [0.1, 0.15) is 11.1 Å². The molecule has 25 heavy (non-hydrogen) atoms. The van der Waals surface area contributed by atoms with Crippen LogP contribution in [0.3, 0.4) is 0 Å². The van der Waals surface area contributed by atoms with Crippen molar-refractivity contribution in [3.05, 3.63) is 63.7 Å². The third-order valence-electron chi connectivity index (χ3n) is 3.25. The molecule has 0 atom stereocenters. The fourth-order valence-corrected chi connectivity index (χ4v) is 2.17. The molecule has 0 saturated heterocycles. The molecule has 0 aromatic heterocycles. The van der Waals surface area contributed by atoms with E-state index in [1.54, 1.807) is 24.3 Å². The van der Waals surface area contributed by atoms with Crippen LogP contribution in [0.25, 0.3) is 0 Å². The average Bonchev–Trinajstić information content (AvgIpc) is 2.54. The standard InChI is InChI=1S/C17H16N2O6/c1-11-5-6-15(25-10-17(21)22)14(7-11)18-16(20)9-12-3-2-4-13(8-12)19(23)24/h2-8H,9-10H2,1H3,(H,18,20)(H,21,22). The van der Waals surface area contributed by atoms with Crippen LogP contribution in [0.4, 0.5) is 11.4 Å². The Morgan fingerprint density at radius 1 is 1.24 bits per heavy atom. The van der Waals surface area contributed by atoms with Gasteiger partial charge in [-0.15, -0.1) is 0 Å². The highest BCUT2D eigenvalue weighted by molar-refractivity contribution is 5.94. The van der Waals surface area contributed by atoms with Gasteiger partial charge in [0.2, 0.25) is 5.91 Å². The first-order chi connectivity index (χ1) is 11.8. The maximum Gasteiger partial charge on any atom is 0.341 e. The normalized spacial score (nSPS) is 10.1. The van der Waals surface area contributed by atoms with E-state index in [0.717, 1.165) is 5.56 Å². The summed E-state index contributed by atoms with van der Waals surface area (Å²) in [5, 5.41) is 22.1. The Hall–Kier alpha value is -3.42. The van der Waals surface area contributed by atoms with Gasteiger partial charge in [-0.2, -0.15) is 0 Å². The summed E-state index contributed by atoms with van der Waals surface area (Å²) in [7, 11) is 0. The Morgan fingerprint density at radius 2 is 2.00 bits per heavy atom. The number of non-ortho nitro benzene ring substituents is 1. The summed E-state index contributed by atoms with van der Waals surface area (Å²) in [6, 6.07) is 10.8. The number of hydrogen-bond donors (Lipinski definition) is 2. The van der Waals surface area contributed by atoms with Crippen LogP contribution in [0.15, 0.2) is 42.5 Å². The minimum atomic E-state index is -1.13. The molecule has 0 aliphatic heterocycles. The highest BCUT2D eigenvalue weighted by atomic mass is 16.6. The molecule has 8 nitrogen and oxygen atoms in total. The zero-order chi connectivity index (χ0) is 18.4. The second-order valence-electron chi connectivity index (χ2n) is 5.33. The van der Waals surface area contributed by atoms with Gasteiger partial charge in [0.1, 0.15) is 5.75 Å². The first-order valence-electron chi connectivity index (χ1n) is 7.33. The molecule has 0 saturated carbocycles. The van der Waals surface area contributed by atoms with Crippen LogP contribution in [-0.4, -0.2) is 28.5 Å². The van der Waals surface area contributed by atoms with Gasteiger partial charge in [-0.1, -0.05) is 18.2 Å². The van der Waals surface area contributed by atoms with Gasteiger partial charge in [-0.05, 0) is 30.2 Å². The predicted molar refractivity (Wildman–Crippen MR) is 89.7 cm³/mol. The zero-order valence-corrected chi connectivity index (χ0v) is 13.4. The van der Waals surface area contributed by atoms with Crippen molar-refractivity contribution in [3.63, 3.8) is 0 Å². The predicted octanol–water partition coefficient (Wildman–Crippen LogP) is 2.55. The van der Waals surface area contributed by atoms with Crippen LogP contribution in [-0.2, 0) is 16.0 Å². The molecule has 130 valence electrons. The lowest BCUT2D eigenvalue weighted by atomic mass is 10.1. The van der Waals surface area contributed by atoms with Gasteiger partial charge in [0.25, 0.3) is 5.69 Å². The van der Waals surface area contributed by atoms with Crippen LogP contribution < -0.4 is 10.1 Å². The molecule has 2 aromatic carbocycles. The van der Waals surface area contributed by atoms with E-state index in [4.69, 9.17) is 9.84 Å². The number of anilines is 1. The van der Waals surface area contributed by atoms with Gasteiger partial charge in [-0.25, -0.2) is 4.79 Å². The van der Waals surface area contributed by atoms with Crippen molar-refractivity contribution >= 4 is 23.3 Å². The molecule has 2 N–H and O–H groups in total. The first-order valence-corrected chi connectivity index (χ1v) is 7.33. The maximum absolute atomic E-state index is 12.2. The Bertz CT molecular complexity index is 819. The fraction of sp³-hybridized carbons (Fsp3) is 0.176. The van der Waals surface area contributed by atoms with E-state index >= 15 is 0 Å². The number of ether oxygens (including phenoxy) is 1. The van der Waals surface area contributed by atoms with Crippen molar-refractivity contribution in [2.75, 3.05) is 11.9 Å². The number of nitro groups is 1. The minimum Gasteiger partial charge on any atom is -0.480 e. The first kappa shape index (κ1) is 17.9. The average molecular weight is 344 g/mol. The molecule has 8 heteroatoms. The topological polar surface area (TPSA) is 119 Å². The quantitative estimate of drug-likeness (QED) is 0.588. The number of carbonyl (C=O) groups is 2. The maximum atomic E-state index is 12.2. The van der Waals surface area contributed by atoms with Gasteiger partial charge in [0.05, 0.1) is 17.0 Å². The summed E-state index contributed by atoms with van der Waals surface area (Å²) in [6.07, 6.45) is -0.0615. The number of benzene rings is 2. The smallest absolute Gasteiger partial charge is 0.341 e. The van der Waals surface area contributed by atoms with Crippen LogP contribution in [0.2, 0.25) is 0 Å². The Morgan fingerprint density at radius 3 is 2.68 bits per heavy atom. The second kappa shape index (κ2) is 7.91. The van der Waals surface area contributed by atoms with Gasteiger partial charge in [0, 0.05) is 12.1 Å². The SMILES string of the molecule is Cc1ccc(OCC(=O)O)c(NC(=O)Cc2cccc([N+](=O)[O-])c2)c1. The van der Waals surface area contributed by atoms with Crippen molar-refractivity contribution in [3.8, 4) is 5.75 Å². The second-order valence-corrected chi connectivity index (χ2v) is 5.33. The minimum absolute atomic E-state index is 0.0615. The van der Waals surface area contributed by atoms with E-state index in [1.807, 2.05) is 6.92 Å². The molecule has 0 aliphatic rings. The van der Waals surface area contributed by atoms with Crippen molar-refractivity contribution in [1.82, 2.24) is 0 Å². The largest absolute Gasteiger partial charge is 0.480 e. The number of aryl methyl sites for hydroxylation is 1. The highest BCUT2D eigenvalue weighted by Crippen LogP contribution is 2.26. The van der Waals surface area contributed by atoms with E-state index in [9.17, 15) is 19.7 Å². The lowest BCUT2D eigenvalue weighted by Crippen LogP contribution is -2.16. The number of carboxylic acids is 1. The van der Waals surface area contributed by atoms with E-state index in [2.05, 4.69) is 5.32 Å². The molecule has 0 unspecified atom stereocenters. The summed E-state index contributed by atoms with van der Waals surface area (Å²) in [5.74, 6) is -1.29. The number of amides is 1. The van der Waals surface area contributed by atoms with E-state index in [1.165, 1.54) is 18.2 Å². The third-order valence-corrected chi connectivity index (χ3v) is 3.25. The van der Waals surface area contributed by atoms with Crippen molar-refractivity contribution < 1.29 is 24.4 Å². The number of nitro benzene ring substituents is 1. The van der Waals surface area contributed by atoms with E-state index in [-0.39, 0.29) is 17.9 Å². The van der Waals surface area contributed by atoms with Crippen molar-refractivity contribution in [2.45, 2.75) is 13.3 Å². The molecule has 0 radical (unpaired) electrons.